The molecular weight excluding hydrogens is 260 g/mol. The molecule has 0 saturated carbocycles. The van der Waals surface area contributed by atoms with Gasteiger partial charge in [-0.1, -0.05) is 12.1 Å². The Kier molecular flexibility index (Phi) is 4.26. The lowest BCUT2D eigenvalue weighted by atomic mass is 10.0. The number of rotatable bonds is 4. The second-order valence-corrected chi connectivity index (χ2v) is 4.42. The molecule has 0 aliphatic rings. The number of hydrogen-bond donors (Lipinski definition) is 1. The minimum absolute atomic E-state index is 0.174. The molecule has 0 spiro atoms. The predicted octanol–water partition coefficient (Wildman–Crippen LogP) is 3.19. The lowest BCUT2D eigenvalue weighted by Gasteiger charge is -2.09. The quantitative estimate of drug-likeness (QED) is 0.930. The minimum Gasteiger partial charge on any atom is -0.380 e. The maximum atomic E-state index is 13.3. The van der Waals surface area contributed by atoms with Crippen molar-refractivity contribution in [3.05, 3.63) is 58.9 Å². The summed E-state index contributed by atoms with van der Waals surface area (Å²) >= 11 is 0. The molecule has 0 aliphatic heterocycles. The Hall–Kier alpha value is -2.48. The summed E-state index contributed by atoms with van der Waals surface area (Å²) in [6, 6.07) is 7.66. The molecule has 0 atom stereocenters. The summed E-state index contributed by atoms with van der Waals surface area (Å²) in [6.07, 6.45) is 2.49. The molecular formula is C15H13F2N3. The van der Waals surface area contributed by atoms with Crippen molar-refractivity contribution in [1.29, 1.82) is 5.26 Å². The van der Waals surface area contributed by atoms with E-state index in [0.717, 1.165) is 23.5 Å². The number of pyridine rings is 1. The molecule has 0 saturated heterocycles. The van der Waals surface area contributed by atoms with Gasteiger partial charge in [-0.15, -0.1) is 0 Å². The highest BCUT2D eigenvalue weighted by Gasteiger charge is 2.08. The van der Waals surface area contributed by atoms with Crippen LogP contribution < -0.4 is 5.32 Å². The van der Waals surface area contributed by atoms with Crippen LogP contribution in [-0.4, -0.2) is 11.5 Å². The van der Waals surface area contributed by atoms with Crippen molar-refractivity contribution in [2.45, 2.75) is 13.3 Å². The van der Waals surface area contributed by atoms with Crippen LogP contribution in [0.15, 0.2) is 30.6 Å². The van der Waals surface area contributed by atoms with E-state index in [9.17, 15) is 8.78 Å². The summed E-state index contributed by atoms with van der Waals surface area (Å²) in [6.45, 7) is 2.23. The van der Waals surface area contributed by atoms with Gasteiger partial charge in [0.05, 0.1) is 24.0 Å². The van der Waals surface area contributed by atoms with E-state index in [1.54, 1.807) is 6.07 Å². The van der Waals surface area contributed by atoms with E-state index in [1.165, 1.54) is 0 Å². The highest BCUT2D eigenvalue weighted by molar-refractivity contribution is 5.45. The van der Waals surface area contributed by atoms with Crippen molar-refractivity contribution in [3.63, 3.8) is 0 Å². The first kappa shape index (κ1) is 13.9. The van der Waals surface area contributed by atoms with Crippen molar-refractivity contribution in [2.75, 3.05) is 11.9 Å². The Morgan fingerprint density at radius 3 is 2.60 bits per heavy atom. The second-order valence-electron chi connectivity index (χ2n) is 4.42. The van der Waals surface area contributed by atoms with Crippen molar-refractivity contribution >= 4 is 5.69 Å². The molecule has 1 heterocycles. The number of hydrogen-bond acceptors (Lipinski definition) is 3. The molecule has 102 valence electrons. The summed E-state index contributed by atoms with van der Waals surface area (Å²) < 4.78 is 26.7. The van der Waals surface area contributed by atoms with Crippen LogP contribution in [0.5, 0.6) is 0 Å². The van der Waals surface area contributed by atoms with E-state index < -0.39 is 11.6 Å². The molecule has 0 aliphatic carbocycles. The van der Waals surface area contributed by atoms with Crippen LogP contribution in [0.2, 0.25) is 0 Å². The molecule has 1 aromatic carbocycles. The molecule has 3 nitrogen and oxygen atoms in total. The van der Waals surface area contributed by atoms with Gasteiger partial charge in [0.25, 0.3) is 0 Å². The Morgan fingerprint density at radius 2 is 1.95 bits per heavy atom. The summed E-state index contributed by atoms with van der Waals surface area (Å²) in [7, 11) is 0. The lowest BCUT2D eigenvalue weighted by molar-refractivity contribution is 0.578. The van der Waals surface area contributed by atoms with Gasteiger partial charge in [-0.2, -0.15) is 5.26 Å². The van der Waals surface area contributed by atoms with Crippen molar-refractivity contribution in [1.82, 2.24) is 4.98 Å². The monoisotopic (exact) mass is 273 g/mol. The van der Waals surface area contributed by atoms with Crippen molar-refractivity contribution in [2.24, 2.45) is 0 Å². The van der Waals surface area contributed by atoms with Gasteiger partial charge in [0.2, 0.25) is 0 Å². The van der Waals surface area contributed by atoms with Gasteiger partial charge in [-0.25, -0.2) is 8.78 Å². The van der Waals surface area contributed by atoms with Gasteiger partial charge in [0.15, 0.2) is 11.6 Å². The fourth-order valence-corrected chi connectivity index (χ4v) is 1.86. The van der Waals surface area contributed by atoms with Crippen LogP contribution in [0, 0.1) is 29.9 Å². The predicted molar refractivity (Wildman–Crippen MR) is 72.2 cm³/mol. The number of anilines is 1. The summed E-state index contributed by atoms with van der Waals surface area (Å²) in [5.74, 6) is -1.43. The minimum atomic E-state index is -0.716. The Balaban J connectivity index is 2.02. The molecule has 1 aromatic heterocycles. The van der Waals surface area contributed by atoms with Gasteiger partial charge in [0.1, 0.15) is 5.69 Å². The van der Waals surface area contributed by atoms with E-state index in [0.29, 0.717) is 18.5 Å². The summed E-state index contributed by atoms with van der Waals surface area (Å²) in [5, 5.41) is 11.7. The highest BCUT2D eigenvalue weighted by Crippen LogP contribution is 2.17. The highest BCUT2D eigenvalue weighted by atomic mass is 19.1. The van der Waals surface area contributed by atoms with E-state index in [4.69, 9.17) is 5.26 Å². The largest absolute Gasteiger partial charge is 0.380 e. The Bertz CT molecular complexity index is 642. The summed E-state index contributed by atoms with van der Waals surface area (Å²) in [5.41, 5.74) is 2.29. The van der Waals surface area contributed by atoms with Gasteiger partial charge in [-0.3, -0.25) is 4.98 Å². The fraction of sp³-hybridized carbons (Fsp3) is 0.200. The zero-order valence-corrected chi connectivity index (χ0v) is 11.0. The van der Waals surface area contributed by atoms with Gasteiger partial charge < -0.3 is 5.32 Å². The molecule has 2 aromatic rings. The number of benzene rings is 1. The average Bonchev–Trinajstić information content (AvgIpc) is 2.44. The van der Waals surface area contributed by atoms with E-state index in [-0.39, 0.29) is 5.69 Å². The van der Waals surface area contributed by atoms with Crippen LogP contribution in [0.1, 0.15) is 16.7 Å². The molecule has 20 heavy (non-hydrogen) atoms. The molecule has 5 heteroatoms. The lowest BCUT2D eigenvalue weighted by Crippen LogP contribution is -2.08. The van der Waals surface area contributed by atoms with Crippen molar-refractivity contribution < 1.29 is 8.78 Å². The smallest absolute Gasteiger partial charge is 0.167 e. The number of nitrogens with zero attached hydrogens (tertiary/aromatic N) is 2. The molecule has 2 rings (SSSR count). The fourth-order valence-electron chi connectivity index (χ4n) is 1.86. The number of aryl methyl sites for hydroxylation is 1. The van der Waals surface area contributed by atoms with Gasteiger partial charge >= 0.3 is 0 Å². The third-order valence-electron chi connectivity index (χ3n) is 2.99. The Labute approximate surface area is 115 Å². The first-order chi connectivity index (χ1) is 9.61. The first-order valence-corrected chi connectivity index (χ1v) is 6.14. The van der Waals surface area contributed by atoms with Crippen LogP contribution in [0.4, 0.5) is 14.5 Å². The zero-order chi connectivity index (χ0) is 14.5. The average molecular weight is 273 g/mol. The van der Waals surface area contributed by atoms with E-state index in [2.05, 4.69) is 16.4 Å². The number of nitriles is 1. The van der Waals surface area contributed by atoms with Gasteiger partial charge in [0, 0.05) is 6.54 Å². The normalized spacial score (nSPS) is 10.1. The second kappa shape index (κ2) is 6.11. The molecule has 0 unspecified atom stereocenters. The number of halogens is 2. The van der Waals surface area contributed by atoms with Crippen molar-refractivity contribution in [3.8, 4) is 6.07 Å². The van der Waals surface area contributed by atoms with Crippen LogP contribution >= 0.6 is 0 Å². The SMILES string of the molecule is Cc1ccc(CCNc2c(F)cncc2F)cc1C#N. The number of nitrogens with one attached hydrogen (secondary N) is 1. The molecule has 0 amide bonds. The third-order valence-corrected chi connectivity index (χ3v) is 2.99. The molecule has 0 bridgehead atoms. The van der Waals surface area contributed by atoms with Crippen LogP contribution in [-0.2, 0) is 6.42 Å². The maximum absolute atomic E-state index is 13.3. The first-order valence-electron chi connectivity index (χ1n) is 6.14. The van der Waals surface area contributed by atoms with Gasteiger partial charge in [-0.05, 0) is 30.5 Å². The molecule has 1 N–H and O–H groups in total. The third kappa shape index (κ3) is 3.09. The molecule has 0 fully saturated rings. The van der Waals surface area contributed by atoms with Crippen LogP contribution in [0.3, 0.4) is 0 Å². The maximum Gasteiger partial charge on any atom is 0.167 e. The van der Waals surface area contributed by atoms with E-state index in [1.807, 2.05) is 19.1 Å². The van der Waals surface area contributed by atoms with E-state index >= 15 is 0 Å². The topological polar surface area (TPSA) is 48.7 Å². The summed E-state index contributed by atoms with van der Waals surface area (Å²) in [4.78, 5) is 3.42. The Morgan fingerprint density at radius 1 is 1.25 bits per heavy atom. The zero-order valence-electron chi connectivity index (χ0n) is 11.0. The van der Waals surface area contributed by atoms with Crippen LogP contribution in [0.25, 0.3) is 0 Å². The standard InChI is InChI=1S/C15H13F2N3/c1-10-2-3-11(6-12(10)7-18)4-5-20-15-13(16)8-19-9-14(15)17/h2-3,6,8-9H,4-5H2,1H3,(H,19,20). The molecule has 0 radical (unpaired) electrons. The number of aromatic nitrogens is 1.